The van der Waals surface area contributed by atoms with Crippen LogP contribution >= 0.6 is 0 Å². The summed E-state index contributed by atoms with van der Waals surface area (Å²) in [4.78, 5) is 20.6. The van der Waals surface area contributed by atoms with Crippen molar-refractivity contribution < 1.29 is 14.6 Å². The molecule has 34 heavy (non-hydrogen) atoms. The Morgan fingerprint density at radius 3 is 2.91 bits per heavy atom. The van der Waals surface area contributed by atoms with E-state index < -0.39 is 12.0 Å². The van der Waals surface area contributed by atoms with Gasteiger partial charge in [0.15, 0.2) is 0 Å². The molecule has 1 aliphatic rings. The number of aliphatic carboxylic acids is 1. The summed E-state index contributed by atoms with van der Waals surface area (Å²) in [5.74, 6) is 0.612. The third kappa shape index (κ3) is 4.71. The van der Waals surface area contributed by atoms with Gasteiger partial charge in [-0.3, -0.25) is 9.48 Å². The molecule has 0 saturated carbocycles. The first-order chi connectivity index (χ1) is 16.6. The van der Waals surface area contributed by atoms with Crippen LogP contribution in [0.5, 0.6) is 5.88 Å². The van der Waals surface area contributed by atoms with E-state index in [-0.39, 0.29) is 6.42 Å². The lowest BCUT2D eigenvalue weighted by Gasteiger charge is -2.17. The van der Waals surface area contributed by atoms with E-state index >= 15 is 0 Å². The number of carboxylic acid groups (broad SMARTS) is 1. The van der Waals surface area contributed by atoms with Crippen LogP contribution in [0.4, 0.5) is 5.82 Å². The van der Waals surface area contributed by atoms with Crippen LogP contribution in [-0.2, 0) is 24.1 Å². The number of pyridine rings is 2. The molecule has 3 aromatic heterocycles. The molecule has 2 N–H and O–H groups in total. The summed E-state index contributed by atoms with van der Waals surface area (Å²) < 4.78 is 6.85. The average Bonchev–Trinajstić information content (AvgIpc) is 3.29. The number of methoxy groups -OCH3 is 1. The van der Waals surface area contributed by atoms with E-state index in [1.54, 1.807) is 24.1 Å². The minimum Gasteiger partial charge on any atom is -0.481 e. The maximum absolute atomic E-state index is 11.6. The highest BCUT2D eigenvalue weighted by Gasteiger charge is 2.20. The molecule has 0 aliphatic carbocycles. The van der Waals surface area contributed by atoms with Crippen molar-refractivity contribution in [2.24, 2.45) is 0 Å². The lowest BCUT2D eigenvalue weighted by atomic mass is 10.0. The topological polar surface area (TPSA) is 102 Å². The van der Waals surface area contributed by atoms with Gasteiger partial charge < -0.3 is 15.2 Å². The van der Waals surface area contributed by atoms with Crippen LogP contribution in [0, 0.1) is 0 Å². The van der Waals surface area contributed by atoms with E-state index in [1.165, 1.54) is 11.1 Å². The summed E-state index contributed by atoms with van der Waals surface area (Å²) in [6, 6.07) is 13.6. The summed E-state index contributed by atoms with van der Waals surface area (Å²) in [6.45, 7) is 0.984. The number of aryl methyl sites for hydroxylation is 3. The average molecular weight is 458 g/mol. The quantitative estimate of drug-likeness (QED) is 0.412. The fraction of sp³-hybridized carbons (Fsp3) is 0.308. The second kappa shape index (κ2) is 9.51. The Balaban J connectivity index is 1.36. The van der Waals surface area contributed by atoms with Crippen molar-refractivity contribution in [3.63, 3.8) is 0 Å². The molecule has 1 aromatic carbocycles. The largest absolute Gasteiger partial charge is 0.481 e. The van der Waals surface area contributed by atoms with Gasteiger partial charge in [-0.15, -0.1) is 0 Å². The van der Waals surface area contributed by atoms with Crippen LogP contribution in [0.3, 0.4) is 0 Å². The number of carbonyl (C=O) groups is 1. The van der Waals surface area contributed by atoms with Gasteiger partial charge in [-0.25, -0.2) is 9.97 Å². The number of fused-ring (bicyclic) bond motifs is 2. The molecule has 1 aliphatic heterocycles. The number of hydrogen-bond donors (Lipinski definition) is 2. The monoisotopic (exact) mass is 457 g/mol. The van der Waals surface area contributed by atoms with Gasteiger partial charge >= 0.3 is 5.97 Å². The lowest BCUT2D eigenvalue weighted by molar-refractivity contribution is -0.137. The summed E-state index contributed by atoms with van der Waals surface area (Å²) in [5, 5.41) is 18.6. The number of carboxylic acids is 1. The zero-order valence-corrected chi connectivity index (χ0v) is 19.1. The molecule has 0 radical (unpaired) electrons. The number of nitrogens with zero attached hydrogens (tertiary/aromatic N) is 4. The Morgan fingerprint density at radius 2 is 2.12 bits per heavy atom. The summed E-state index contributed by atoms with van der Waals surface area (Å²) in [5.41, 5.74) is 5.15. The van der Waals surface area contributed by atoms with E-state index in [9.17, 15) is 9.90 Å². The molecule has 4 heterocycles. The van der Waals surface area contributed by atoms with Gasteiger partial charge in [-0.1, -0.05) is 18.2 Å². The van der Waals surface area contributed by atoms with Gasteiger partial charge in [-0.05, 0) is 60.6 Å². The summed E-state index contributed by atoms with van der Waals surface area (Å²) >= 11 is 0. The second-order valence-corrected chi connectivity index (χ2v) is 8.59. The third-order valence-electron chi connectivity index (χ3n) is 6.25. The molecule has 4 aromatic rings. The predicted molar refractivity (Wildman–Crippen MR) is 129 cm³/mol. The van der Waals surface area contributed by atoms with Crippen molar-refractivity contribution in [1.82, 2.24) is 19.7 Å². The number of rotatable bonds is 8. The number of anilines is 1. The fourth-order valence-electron chi connectivity index (χ4n) is 4.42. The number of hydrogen-bond acceptors (Lipinski definition) is 6. The maximum Gasteiger partial charge on any atom is 0.305 e. The highest BCUT2D eigenvalue weighted by molar-refractivity contribution is 5.79. The summed E-state index contributed by atoms with van der Waals surface area (Å²) in [7, 11) is 1.55. The van der Waals surface area contributed by atoms with E-state index in [4.69, 9.17) is 14.8 Å². The van der Waals surface area contributed by atoms with Gasteiger partial charge in [0.2, 0.25) is 5.88 Å². The van der Waals surface area contributed by atoms with E-state index in [0.29, 0.717) is 5.88 Å². The van der Waals surface area contributed by atoms with Crippen LogP contribution in [-0.4, -0.2) is 44.5 Å². The zero-order chi connectivity index (χ0) is 23.5. The van der Waals surface area contributed by atoms with Gasteiger partial charge in [0, 0.05) is 36.1 Å². The molecule has 0 fully saturated rings. The van der Waals surface area contributed by atoms with Crippen molar-refractivity contribution >= 4 is 22.7 Å². The molecule has 0 saturated heterocycles. The lowest BCUT2D eigenvalue weighted by Crippen LogP contribution is -2.16. The van der Waals surface area contributed by atoms with Gasteiger partial charge in [0.25, 0.3) is 0 Å². The zero-order valence-electron chi connectivity index (χ0n) is 19.1. The number of ether oxygens (including phenoxy) is 1. The first-order valence-corrected chi connectivity index (χ1v) is 11.5. The smallest absolute Gasteiger partial charge is 0.305 e. The standard InChI is InChI=1S/C26H27N5O3/c1-34-24-11-8-19(15-28-24)23(14-25(32)33)31-16-20-6-4-17(13-22(20)30-31)5-9-21-10-7-18-3-2-12-27-26(18)29-21/h4,6-8,10-11,13,15-16,23H,2-3,5,9,12,14H2,1H3,(H,27,29)(H,32,33)/t23-/m0/s1. The molecule has 1 atom stereocenters. The summed E-state index contributed by atoms with van der Waals surface area (Å²) in [6.07, 6.45) is 7.40. The molecule has 8 heteroatoms. The maximum atomic E-state index is 11.6. The third-order valence-corrected chi connectivity index (χ3v) is 6.25. The van der Waals surface area contributed by atoms with E-state index in [2.05, 4.69) is 34.6 Å². The fourth-order valence-corrected chi connectivity index (χ4v) is 4.42. The Kier molecular flexibility index (Phi) is 6.12. The van der Waals surface area contributed by atoms with Crippen LogP contribution in [0.2, 0.25) is 0 Å². The molecule has 174 valence electrons. The number of benzene rings is 1. The Bertz CT molecular complexity index is 1320. The Morgan fingerprint density at radius 1 is 1.21 bits per heavy atom. The molecule has 0 spiro atoms. The van der Waals surface area contributed by atoms with Crippen molar-refractivity contribution in [3.8, 4) is 5.88 Å². The minimum atomic E-state index is -0.895. The van der Waals surface area contributed by atoms with E-state index in [0.717, 1.165) is 60.2 Å². The SMILES string of the molecule is COc1ccc([C@H](CC(=O)O)n2cc3ccc(CCc4ccc5c(n4)NCCC5)cc3n2)cn1. The Labute approximate surface area is 197 Å². The van der Waals surface area contributed by atoms with Crippen molar-refractivity contribution in [3.05, 3.63) is 77.2 Å². The highest BCUT2D eigenvalue weighted by Crippen LogP contribution is 2.26. The first kappa shape index (κ1) is 21.9. The van der Waals surface area contributed by atoms with Crippen LogP contribution in [0.25, 0.3) is 10.9 Å². The van der Waals surface area contributed by atoms with Crippen LogP contribution in [0.1, 0.15) is 41.3 Å². The van der Waals surface area contributed by atoms with Gasteiger partial charge in [-0.2, -0.15) is 5.10 Å². The normalized spacial score (nSPS) is 13.8. The molecular weight excluding hydrogens is 430 g/mol. The first-order valence-electron chi connectivity index (χ1n) is 11.5. The molecule has 5 rings (SSSR count). The van der Waals surface area contributed by atoms with Gasteiger partial charge in [0.1, 0.15) is 5.82 Å². The molecular formula is C26H27N5O3. The highest BCUT2D eigenvalue weighted by atomic mass is 16.5. The van der Waals surface area contributed by atoms with Crippen LogP contribution < -0.4 is 10.1 Å². The molecule has 0 amide bonds. The number of aromatic nitrogens is 4. The van der Waals surface area contributed by atoms with Gasteiger partial charge in [0.05, 0.1) is 25.1 Å². The molecule has 0 bridgehead atoms. The van der Waals surface area contributed by atoms with E-state index in [1.807, 2.05) is 18.3 Å². The minimum absolute atomic E-state index is 0.0904. The van der Waals surface area contributed by atoms with Crippen molar-refractivity contribution in [2.75, 3.05) is 19.0 Å². The van der Waals surface area contributed by atoms with Crippen LogP contribution in [0.15, 0.2) is 54.9 Å². The molecule has 0 unspecified atom stereocenters. The molecule has 8 nitrogen and oxygen atoms in total. The second-order valence-electron chi connectivity index (χ2n) is 8.59. The van der Waals surface area contributed by atoms with Crippen molar-refractivity contribution in [2.45, 2.75) is 38.1 Å². The number of nitrogens with one attached hydrogen (secondary N) is 1. The van der Waals surface area contributed by atoms with Crippen molar-refractivity contribution in [1.29, 1.82) is 0 Å². The Hall–Kier alpha value is -3.94. The predicted octanol–water partition coefficient (Wildman–Crippen LogP) is 4.04.